The van der Waals surface area contributed by atoms with Gasteiger partial charge < -0.3 is 14.8 Å². The lowest BCUT2D eigenvalue weighted by molar-refractivity contribution is -0.137. The number of halogens is 5. The third kappa shape index (κ3) is 5.32. The molecule has 0 atom stereocenters. The lowest BCUT2D eigenvalue weighted by Gasteiger charge is -2.24. The average molecular weight is 535 g/mol. The van der Waals surface area contributed by atoms with Gasteiger partial charge in [-0.3, -0.25) is 9.59 Å². The van der Waals surface area contributed by atoms with Gasteiger partial charge in [-0.15, -0.1) is 11.6 Å². The van der Waals surface area contributed by atoms with Gasteiger partial charge in [0.1, 0.15) is 5.88 Å². The van der Waals surface area contributed by atoms with E-state index in [0.717, 1.165) is 21.9 Å². The van der Waals surface area contributed by atoms with E-state index in [1.165, 1.54) is 24.4 Å². The third-order valence-corrected chi connectivity index (χ3v) is 6.08. The molecule has 2 aromatic carbocycles. The van der Waals surface area contributed by atoms with Crippen molar-refractivity contribution in [3.63, 3.8) is 0 Å². The van der Waals surface area contributed by atoms with Crippen LogP contribution in [0.3, 0.4) is 0 Å². The topological polar surface area (TPSA) is 67.2 Å². The van der Waals surface area contributed by atoms with E-state index in [1.807, 2.05) is 35.9 Å². The lowest BCUT2D eigenvalue weighted by Crippen LogP contribution is -2.32. The first-order valence-electron chi connectivity index (χ1n) is 10.6. The average Bonchev–Trinajstić information content (AvgIpc) is 3.18. The van der Waals surface area contributed by atoms with Crippen LogP contribution in [-0.4, -0.2) is 27.2 Å². The van der Waals surface area contributed by atoms with Gasteiger partial charge in [0, 0.05) is 41.6 Å². The van der Waals surface area contributed by atoms with E-state index in [4.69, 9.17) is 23.2 Å². The minimum Gasteiger partial charge on any atom is -0.350 e. The molecule has 0 spiro atoms. The Kier molecular flexibility index (Phi) is 7.23. The molecule has 2 amide bonds. The predicted octanol–water partition coefficient (Wildman–Crippen LogP) is 6.27. The Balaban J connectivity index is 1.78. The van der Waals surface area contributed by atoms with Crippen LogP contribution >= 0.6 is 23.2 Å². The van der Waals surface area contributed by atoms with Gasteiger partial charge in [0.2, 0.25) is 5.91 Å². The van der Waals surface area contributed by atoms with Gasteiger partial charge in [-0.25, -0.2) is 4.98 Å². The number of pyridine rings is 1. The minimum absolute atomic E-state index is 0.0204. The first-order chi connectivity index (χ1) is 17.1. The summed E-state index contributed by atoms with van der Waals surface area (Å²) in [6, 6.07) is 13.2. The zero-order valence-electron chi connectivity index (χ0n) is 18.8. The van der Waals surface area contributed by atoms with Gasteiger partial charge in [0.15, 0.2) is 5.15 Å². The number of amides is 2. The van der Waals surface area contributed by atoms with E-state index in [0.29, 0.717) is 11.6 Å². The molecule has 186 valence electrons. The van der Waals surface area contributed by atoms with Crippen LogP contribution in [0, 0.1) is 0 Å². The van der Waals surface area contributed by atoms with Crippen molar-refractivity contribution in [1.29, 1.82) is 0 Å². The Bertz CT molecular complexity index is 1450. The highest BCUT2D eigenvalue weighted by Crippen LogP contribution is 2.34. The molecule has 6 nitrogen and oxygen atoms in total. The molecule has 11 heteroatoms. The van der Waals surface area contributed by atoms with E-state index in [1.54, 1.807) is 6.20 Å². The molecule has 1 N–H and O–H groups in total. The highest BCUT2D eigenvalue weighted by Gasteiger charge is 2.33. The van der Waals surface area contributed by atoms with Gasteiger partial charge in [-0.2, -0.15) is 13.2 Å². The number of hydrogen-bond acceptors (Lipinski definition) is 3. The Labute approximate surface area is 214 Å². The zero-order chi connectivity index (χ0) is 26.0. The Hall–Kier alpha value is -3.56. The fourth-order valence-corrected chi connectivity index (χ4v) is 4.16. The van der Waals surface area contributed by atoms with Crippen LogP contribution in [0.2, 0.25) is 5.15 Å². The summed E-state index contributed by atoms with van der Waals surface area (Å²) in [6.45, 7) is -0.0519. The monoisotopic (exact) mass is 534 g/mol. The molecule has 0 aliphatic carbocycles. The number of nitrogens with one attached hydrogen (secondary N) is 1. The van der Waals surface area contributed by atoms with Gasteiger partial charge in [0.25, 0.3) is 5.91 Å². The largest absolute Gasteiger partial charge is 0.416 e. The number of para-hydroxylation sites is 1. The fraction of sp³-hybridized carbons (Fsp3) is 0.160. The second kappa shape index (κ2) is 10.2. The molecule has 4 aromatic rings. The van der Waals surface area contributed by atoms with Crippen LogP contribution in [0.1, 0.15) is 21.5 Å². The normalized spacial score (nSPS) is 11.5. The fourth-order valence-electron chi connectivity index (χ4n) is 3.85. The molecule has 0 aliphatic rings. The van der Waals surface area contributed by atoms with Crippen molar-refractivity contribution in [1.82, 2.24) is 9.55 Å². The van der Waals surface area contributed by atoms with Gasteiger partial charge in [-0.1, -0.05) is 29.8 Å². The summed E-state index contributed by atoms with van der Waals surface area (Å²) in [5, 5.41) is 3.27. The first-order valence-corrected chi connectivity index (χ1v) is 11.5. The number of benzene rings is 2. The standard InChI is InChI=1S/C25H19Cl2F3N4O2/c1-33-13-16(19-5-2-3-7-21(19)33)14-34(22(35)12-26)18-10-15(9-17(11-18)25(28,29)30)24(36)32-20-6-4-8-31-23(20)27/h2-11,13H,12,14H2,1H3,(H,32,36). The molecular weight excluding hydrogens is 516 g/mol. The smallest absolute Gasteiger partial charge is 0.350 e. The summed E-state index contributed by atoms with van der Waals surface area (Å²) in [5.41, 5.74) is 0.205. The molecule has 0 aliphatic heterocycles. The number of aryl methyl sites for hydroxylation is 1. The summed E-state index contributed by atoms with van der Waals surface area (Å²) in [7, 11) is 1.83. The molecule has 2 aromatic heterocycles. The summed E-state index contributed by atoms with van der Waals surface area (Å²) in [4.78, 5) is 30.7. The van der Waals surface area contributed by atoms with Gasteiger partial charge in [0.05, 0.1) is 17.8 Å². The molecule has 0 unspecified atom stereocenters. The maximum atomic E-state index is 13.8. The summed E-state index contributed by atoms with van der Waals surface area (Å²) >= 11 is 11.8. The number of hydrogen-bond donors (Lipinski definition) is 1. The highest BCUT2D eigenvalue weighted by molar-refractivity contribution is 6.32. The molecule has 0 bridgehead atoms. The molecule has 2 heterocycles. The number of anilines is 2. The van der Waals surface area contributed by atoms with Crippen LogP contribution < -0.4 is 10.2 Å². The number of aromatic nitrogens is 2. The maximum Gasteiger partial charge on any atom is 0.416 e. The number of carbonyl (C=O) groups excluding carboxylic acids is 2. The van der Waals surface area contributed by atoms with E-state index in [-0.39, 0.29) is 28.6 Å². The number of alkyl halides is 4. The van der Waals surface area contributed by atoms with Crippen molar-refractivity contribution in [2.24, 2.45) is 7.05 Å². The second-order valence-corrected chi connectivity index (χ2v) is 8.58. The molecule has 0 fully saturated rings. The van der Waals surface area contributed by atoms with E-state index < -0.39 is 29.4 Å². The number of fused-ring (bicyclic) bond motifs is 1. The van der Waals surface area contributed by atoms with Crippen LogP contribution in [0.5, 0.6) is 0 Å². The molecule has 0 saturated carbocycles. The first kappa shape index (κ1) is 25.5. The van der Waals surface area contributed by atoms with E-state index >= 15 is 0 Å². The van der Waals surface area contributed by atoms with E-state index in [9.17, 15) is 22.8 Å². The molecular formula is C25H19Cl2F3N4O2. The van der Waals surface area contributed by atoms with Crippen LogP contribution in [0.4, 0.5) is 24.5 Å². The molecule has 0 saturated heterocycles. The molecule has 4 rings (SSSR count). The number of rotatable bonds is 6. The van der Waals surface area contributed by atoms with Crippen LogP contribution in [0.15, 0.2) is 67.0 Å². The number of nitrogens with zero attached hydrogens (tertiary/aromatic N) is 3. The van der Waals surface area contributed by atoms with Gasteiger partial charge >= 0.3 is 6.18 Å². The third-order valence-electron chi connectivity index (χ3n) is 5.55. The van der Waals surface area contributed by atoms with Crippen LogP contribution in [0.25, 0.3) is 10.9 Å². The highest BCUT2D eigenvalue weighted by atomic mass is 35.5. The molecule has 36 heavy (non-hydrogen) atoms. The Morgan fingerprint density at radius 3 is 2.56 bits per heavy atom. The quantitative estimate of drug-likeness (QED) is 0.234. The maximum absolute atomic E-state index is 13.8. The van der Waals surface area contributed by atoms with Crippen LogP contribution in [-0.2, 0) is 24.6 Å². The summed E-state index contributed by atoms with van der Waals surface area (Å²) in [6.07, 6.45) is -1.57. The van der Waals surface area contributed by atoms with Crippen molar-refractivity contribution < 1.29 is 22.8 Å². The molecule has 0 radical (unpaired) electrons. The zero-order valence-corrected chi connectivity index (χ0v) is 20.3. The second-order valence-electron chi connectivity index (χ2n) is 7.96. The summed E-state index contributed by atoms with van der Waals surface area (Å²) < 4.78 is 43.2. The Morgan fingerprint density at radius 2 is 1.86 bits per heavy atom. The van der Waals surface area contributed by atoms with Gasteiger partial charge in [-0.05, 0) is 42.0 Å². The van der Waals surface area contributed by atoms with Crippen molar-refractivity contribution >= 4 is 57.3 Å². The minimum atomic E-state index is -4.77. The predicted molar refractivity (Wildman–Crippen MR) is 133 cm³/mol. The lowest BCUT2D eigenvalue weighted by atomic mass is 10.1. The van der Waals surface area contributed by atoms with Crippen molar-refractivity contribution in [3.05, 3.63) is 88.8 Å². The van der Waals surface area contributed by atoms with Crippen molar-refractivity contribution in [3.8, 4) is 0 Å². The number of carbonyl (C=O) groups is 2. The Morgan fingerprint density at radius 1 is 1.11 bits per heavy atom. The van der Waals surface area contributed by atoms with E-state index in [2.05, 4.69) is 10.3 Å². The van der Waals surface area contributed by atoms with Crippen molar-refractivity contribution in [2.45, 2.75) is 12.7 Å². The summed E-state index contributed by atoms with van der Waals surface area (Å²) in [5.74, 6) is -1.93. The van der Waals surface area contributed by atoms with Crippen molar-refractivity contribution in [2.75, 3.05) is 16.1 Å². The SMILES string of the molecule is Cn1cc(CN(C(=O)CCl)c2cc(C(=O)Nc3cccnc3Cl)cc(C(F)(F)F)c2)c2ccccc21.